The molecule has 0 aliphatic carbocycles. The fraction of sp³-hybridized carbons (Fsp3) is 0.286. The van der Waals surface area contributed by atoms with E-state index >= 15 is 0 Å². The van der Waals surface area contributed by atoms with E-state index in [0.29, 0.717) is 11.3 Å². The van der Waals surface area contributed by atoms with Gasteiger partial charge in [0, 0.05) is 17.6 Å². The van der Waals surface area contributed by atoms with Gasteiger partial charge in [-0.05, 0) is 30.5 Å². The Hall–Kier alpha value is -2.00. The van der Waals surface area contributed by atoms with Crippen molar-refractivity contribution in [1.29, 1.82) is 0 Å². The number of hydrogen-bond donors (Lipinski definition) is 2. The molecule has 6 heteroatoms. The summed E-state index contributed by atoms with van der Waals surface area (Å²) in [5.41, 5.74) is 1.40. The number of benzene rings is 1. The molecular formula is C14H15BrN2O3. The first-order valence-corrected chi connectivity index (χ1v) is 6.65. The monoisotopic (exact) mass is 338 g/mol. The number of nitrogens with one attached hydrogen (secondary N) is 2. The molecule has 0 heterocycles. The molecule has 1 rings (SSSR count). The molecule has 106 valence electrons. The van der Waals surface area contributed by atoms with E-state index < -0.39 is 5.91 Å². The van der Waals surface area contributed by atoms with Crippen LogP contribution < -0.4 is 15.4 Å². The quantitative estimate of drug-likeness (QED) is 0.627. The molecule has 2 N–H and O–H groups in total. The molecule has 1 aromatic rings. The number of rotatable bonds is 5. The van der Waals surface area contributed by atoms with Gasteiger partial charge in [-0.25, -0.2) is 0 Å². The second kappa shape index (κ2) is 7.56. The van der Waals surface area contributed by atoms with Crippen LogP contribution in [0.15, 0.2) is 16.6 Å². The van der Waals surface area contributed by atoms with Crippen molar-refractivity contribution in [2.75, 3.05) is 20.2 Å². The Morgan fingerprint density at radius 2 is 2.00 bits per heavy atom. The Morgan fingerprint density at radius 1 is 1.35 bits per heavy atom. The number of amides is 2. The Morgan fingerprint density at radius 3 is 2.60 bits per heavy atom. The fourth-order valence-electron chi connectivity index (χ4n) is 1.50. The highest BCUT2D eigenvalue weighted by Crippen LogP contribution is 2.26. The minimum Gasteiger partial charge on any atom is -0.496 e. The zero-order valence-electron chi connectivity index (χ0n) is 11.2. The topological polar surface area (TPSA) is 67.4 Å². The molecule has 0 aromatic heterocycles. The van der Waals surface area contributed by atoms with Crippen molar-refractivity contribution in [2.24, 2.45) is 0 Å². The van der Waals surface area contributed by atoms with Gasteiger partial charge in [-0.3, -0.25) is 9.59 Å². The van der Waals surface area contributed by atoms with Gasteiger partial charge in [-0.1, -0.05) is 15.9 Å². The second-order valence-electron chi connectivity index (χ2n) is 3.96. The van der Waals surface area contributed by atoms with Gasteiger partial charge in [0.1, 0.15) is 5.75 Å². The highest BCUT2D eigenvalue weighted by molar-refractivity contribution is 9.10. The third-order valence-corrected chi connectivity index (χ3v) is 3.41. The Bertz CT molecular complexity index is 564. The molecule has 0 unspecified atom stereocenters. The van der Waals surface area contributed by atoms with Crippen LogP contribution in [0.5, 0.6) is 5.75 Å². The number of methoxy groups -OCH3 is 1. The molecule has 5 nitrogen and oxygen atoms in total. The summed E-state index contributed by atoms with van der Waals surface area (Å²) in [6.45, 7) is 2.45. The van der Waals surface area contributed by atoms with Gasteiger partial charge in [0.15, 0.2) is 0 Å². The number of hydrogen-bond acceptors (Lipinski definition) is 3. The zero-order valence-corrected chi connectivity index (χ0v) is 12.8. The molecule has 0 aliphatic heterocycles. The molecule has 1 aromatic carbocycles. The van der Waals surface area contributed by atoms with E-state index in [1.807, 2.05) is 12.8 Å². The maximum absolute atomic E-state index is 12.0. The van der Waals surface area contributed by atoms with Crippen molar-refractivity contribution in [3.63, 3.8) is 0 Å². The fourth-order valence-corrected chi connectivity index (χ4v) is 1.84. The van der Waals surface area contributed by atoms with Crippen LogP contribution in [0.2, 0.25) is 0 Å². The molecule has 0 fully saturated rings. The lowest BCUT2D eigenvalue weighted by molar-refractivity contribution is -0.115. The van der Waals surface area contributed by atoms with Gasteiger partial charge >= 0.3 is 0 Å². The van der Waals surface area contributed by atoms with Crippen LogP contribution in [0, 0.1) is 19.3 Å². The first-order chi connectivity index (χ1) is 9.49. The lowest BCUT2D eigenvalue weighted by Crippen LogP contribution is -2.34. The minimum atomic E-state index is -0.505. The summed E-state index contributed by atoms with van der Waals surface area (Å²) in [5, 5.41) is 5.13. The smallest absolute Gasteiger partial charge is 0.295 e. The van der Waals surface area contributed by atoms with E-state index in [1.54, 1.807) is 12.1 Å². The Labute approximate surface area is 126 Å². The molecule has 0 atom stereocenters. The summed E-state index contributed by atoms with van der Waals surface area (Å²) in [6.07, 6.45) is 4.90. The SMILES string of the molecule is C#CC(=O)NCCNC(=O)c1cc(Br)c(C)cc1OC. The third-order valence-electron chi connectivity index (χ3n) is 2.55. The molecule has 2 amide bonds. The van der Waals surface area contributed by atoms with E-state index in [0.717, 1.165) is 10.0 Å². The van der Waals surface area contributed by atoms with Gasteiger partial charge in [0.2, 0.25) is 0 Å². The van der Waals surface area contributed by atoms with Crippen LogP contribution in [0.3, 0.4) is 0 Å². The molecule has 20 heavy (non-hydrogen) atoms. The lowest BCUT2D eigenvalue weighted by Gasteiger charge is -2.11. The number of ether oxygens (including phenoxy) is 1. The first-order valence-electron chi connectivity index (χ1n) is 5.86. The lowest BCUT2D eigenvalue weighted by atomic mass is 10.1. The van der Waals surface area contributed by atoms with Crippen LogP contribution in [0.25, 0.3) is 0 Å². The Balaban J connectivity index is 2.66. The molecule has 0 saturated carbocycles. The van der Waals surface area contributed by atoms with Gasteiger partial charge in [-0.2, -0.15) is 0 Å². The van der Waals surface area contributed by atoms with Crippen LogP contribution in [-0.4, -0.2) is 32.0 Å². The minimum absolute atomic E-state index is 0.268. The van der Waals surface area contributed by atoms with Crippen molar-refractivity contribution in [3.8, 4) is 18.1 Å². The van der Waals surface area contributed by atoms with Gasteiger partial charge in [0.25, 0.3) is 11.8 Å². The summed E-state index contributed by atoms with van der Waals surface area (Å²) in [4.78, 5) is 22.9. The van der Waals surface area contributed by atoms with Crippen molar-refractivity contribution in [1.82, 2.24) is 10.6 Å². The molecular weight excluding hydrogens is 324 g/mol. The van der Waals surface area contributed by atoms with E-state index in [-0.39, 0.29) is 19.0 Å². The summed E-state index contributed by atoms with van der Waals surface area (Å²) in [6, 6.07) is 3.47. The molecule has 0 bridgehead atoms. The van der Waals surface area contributed by atoms with Crippen molar-refractivity contribution < 1.29 is 14.3 Å². The average Bonchev–Trinajstić information content (AvgIpc) is 2.45. The zero-order chi connectivity index (χ0) is 15.1. The van der Waals surface area contributed by atoms with E-state index in [2.05, 4.69) is 26.6 Å². The van der Waals surface area contributed by atoms with Gasteiger partial charge in [0.05, 0.1) is 12.7 Å². The molecule has 0 radical (unpaired) electrons. The van der Waals surface area contributed by atoms with E-state index in [4.69, 9.17) is 11.2 Å². The number of carbonyl (C=O) groups excluding carboxylic acids is 2. The van der Waals surface area contributed by atoms with Crippen molar-refractivity contribution in [3.05, 3.63) is 27.7 Å². The molecule has 0 spiro atoms. The molecule has 0 saturated heterocycles. The van der Waals surface area contributed by atoms with E-state index in [1.165, 1.54) is 7.11 Å². The number of halogens is 1. The summed E-state index contributed by atoms with van der Waals surface area (Å²) in [7, 11) is 1.51. The Kier molecular flexibility index (Phi) is 6.07. The largest absolute Gasteiger partial charge is 0.496 e. The normalized spacial score (nSPS) is 9.50. The average molecular weight is 339 g/mol. The standard InChI is InChI=1S/C14H15BrN2O3/c1-4-13(18)16-5-6-17-14(19)10-8-11(15)9(2)7-12(10)20-3/h1,7-8H,5-6H2,2-3H3,(H,16,18)(H,17,19). The summed E-state index contributed by atoms with van der Waals surface area (Å²) < 4.78 is 6.01. The molecule has 0 aliphatic rings. The number of terminal acetylenes is 1. The van der Waals surface area contributed by atoms with Crippen LogP contribution in [0.4, 0.5) is 0 Å². The predicted octanol–water partition coefficient (Wildman–Crippen LogP) is 1.25. The first kappa shape index (κ1) is 16.1. The van der Waals surface area contributed by atoms with Gasteiger partial charge < -0.3 is 15.4 Å². The summed E-state index contributed by atoms with van der Waals surface area (Å²) in [5.74, 6) is 1.64. The number of aryl methyl sites for hydroxylation is 1. The maximum atomic E-state index is 12.0. The predicted molar refractivity (Wildman–Crippen MR) is 79.6 cm³/mol. The van der Waals surface area contributed by atoms with Crippen LogP contribution in [0.1, 0.15) is 15.9 Å². The van der Waals surface area contributed by atoms with Crippen LogP contribution in [-0.2, 0) is 4.79 Å². The van der Waals surface area contributed by atoms with Crippen molar-refractivity contribution >= 4 is 27.7 Å². The van der Waals surface area contributed by atoms with Gasteiger partial charge in [-0.15, -0.1) is 6.42 Å². The third kappa shape index (κ3) is 4.28. The number of carbonyl (C=O) groups is 2. The highest BCUT2D eigenvalue weighted by Gasteiger charge is 2.14. The van der Waals surface area contributed by atoms with E-state index in [9.17, 15) is 9.59 Å². The maximum Gasteiger partial charge on any atom is 0.295 e. The highest BCUT2D eigenvalue weighted by atomic mass is 79.9. The summed E-state index contributed by atoms with van der Waals surface area (Å²) >= 11 is 3.37. The van der Waals surface area contributed by atoms with Crippen LogP contribution >= 0.6 is 15.9 Å². The second-order valence-corrected chi connectivity index (χ2v) is 4.81. The van der Waals surface area contributed by atoms with Crippen molar-refractivity contribution in [2.45, 2.75) is 6.92 Å².